The summed E-state index contributed by atoms with van der Waals surface area (Å²) in [5.74, 6) is 0.446. The molecule has 1 N–H and O–H groups in total. The average molecular weight is 350 g/mol. The fraction of sp³-hybridized carbons (Fsp3) is 0.333. The highest BCUT2D eigenvalue weighted by Gasteiger charge is 2.31. The van der Waals surface area contributed by atoms with Crippen molar-refractivity contribution in [3.8, 4) is 11.5 Å². The van der Waals surface area contributed by atoms with E-state index in [0.29, 0.717) is 16.8 Å². The molecular weight excluding hydrogens is 339 g/mol. The molecule has 20 heavy (non-hydrogen) atoms. The Labute approximate surface area is 121 Å². The maximum atomic E-state index is 12.7. The molecule has 8 heteroatoms. The lowest BCUT2D eigenvalue weighted by molar-refractivity contribution is -0.137. The quantitative estimate of drug-likeness (QED) is 0.915. The summed E-state index contributed by atoms with van der Waals surface area (Å²) in [6.07, 6.45) is -4.41. The molecule has 0 aliphatic heterocycles. The summed E-state index contributed by atoms with van der Waals surface area (Å²) in [6, 6.07) is 3.28. The van der Waals surface area contributed by atoms with E-state index in [1.54, 1.807) is 0 Å². The lowest BCUT2D eigenvalue weighted by Gasteiger charge is -2.08. The Morgan fingerprint density at radius 2 is 2.10 bits per heavy atom. The van der Waals surface area contributed by atoms with Gasteiger partial charge in [0.25, 0.3) is 5.89 Å². The molecule has 4 nitrogen and oxygen atoms in total. The van der Waals surface area contributed by atoms with Crippen molar-refractivity contribution in [1.82, 2.24) is 15.5 Å². The third kappa shape index (κ3) is 3.37. The molecule has 0 radical (unpaired) electrons. The summed E-state index contributed by atoms with van der Waals surface area (Å²) in [4.78, 5) is 4.06. The highest BCUT2D eigenvalue weighted by Crippen LogP contribution is 2.35. The van der Waals surface area contributed by atoms with E-state index in [9.17, 15) is 13.2 Å². The summed E-state index contributed by atoms with van der Waals surface area (Å²) in [5.41, 5.74) is -0.544. The monoisotopic (exact) mass is 349 g/mol. The number of hydrogen-bond donors (Lipinski definition) is 1. The predicted molar refractivity (Wildman–Crippen MR) is 69.8 cm³/mol. The number of nitrogens with zero attached hydrogens (tertiary/aromatic N) is 2. The summed E-state index contributed by atoms with van der Waals surface area (Å²) in [7, 11) is 0. The SMILES string of the molecule is CCNCc1noc(-c2cc(C(F)(F)F)ccc2Br)n1. The molecule has 0 spiro atoms. The molecule has 2 aromatic rings. The van der Waals surface area contributed by atoms with E-state index < -0.39 is 11.7 Å². The minimum Gasteiger partial charge on any atom is -0.334 e. The fourth-order valence-electron chi connectivity index (χ4n) is 1.54. The van der Waals surface area contributed by atoms with Gasteiger partial charge in [-0.15, -0.1) is 0 Å². The highest BCUT2D eigenvalue weighted by molar-refractivity contribution is 9.10. The number of nitrogens with one attached hydrogen (secondary N) is 1. The molecule has 0 saturated carbocycles. The third-order valence-corrected chi connectivity index (χ3v) is 3.22. The fourth-order valence-corrected chi connectivity index (χ4v) is 1.95. The zero-order valence-electron chi connectivity index (χ0n) is 10.5. The third-order valence-electron chi connectivity index (χ3n) is 2.53. The molecule has 0 unspecified atom stereocenters. The van der Waals surface area contributed by atoms with Crippen molar-refractivity contribution in [1.29, 1.82) is 0 Å². The maximum Gasteiger partial charge on any atom is 0.416 e. The van der Waals surface area contributed by atoms with E-state index in [0.717, 1.165) is 18.7 Å². The van der Waals surface area contributed by atoms with Gasteiger partial charge in [0.05, 0.1) is 17.7 Å². The first-order chi connectivity index (χ1) is 9.41. The van der Waals surface area contributed by atoms with Crippen LogP contribution in [0.3, 0.4) is 0 Å². The minimum absolute atomic E-state index is 0.0517. The maximum absolute atomic E-state index is 12.7. The van der Waals surface area contributed by atoms with Gasteiger partial charge in [0, 0.05) is 4.47 Å². The van der Waals surface area contributed by atoms with Crippen molar-refractivity contribution in [3.63, 3.8) is 0 Å². The van der Waals surface area contributed by atoms with Crippen LogP contribution in [0.4, 0.5) is 13.2 Å². The van der Waals surface area contributed by atoms with Gasteiger partial charge in [0.2, 0.25) is 0 Å². The highest BCUT2D eigenvalue weighted by atomic mass is 79.9. The topological polar surface area (TPSA) is 51.0 Å². The van der Waals surface area contributed by atoms with Gasteiger partial charge in [-0.2, -0.15) is 18.2 Å². The van der Waals surface area contributed by atoms with Gasteiger partial charge in [-0.1, -0.05) is 12.1 Å². The van der Waals surface area contributed by atoms with Crippen LogP contribution in [0.2, 0.25) is 0 Å². The largest absolute Gasteiger partial charge is 0.416 e. The van der Waals surface area contributed by atoms with Crippen LogP contribution in [0.1, 0.15) is 18.3 Å². The van der Waals surface area contributed by atoms with Gasteiger partial charge >= 0.3 is 6.18 Å². The van der Waals surface area contributed by atoms with Crippen molar-refractivity contribution in [3.05, 3.63) is 34.1 Å². The second-order valence-corrected chi connectivity index (χ2v) is 4.84. The normalized spacial score (nSPS) is 11.8. The van der Waals surface area contributed by atoms with Crippen LogP contribution in [0, 0.1) is 0 Å². The Kier molecular flexibility index (Phi) is 4.44. The van der Waals surface area contributed by atoms with Crippen LogP contribution >= 0.6 is 15.9 Å². The number of aromatic nitrogens is 2. The van der Waals surface area contributed by atoms with Crippen LogP contribution in [0.15, 0.2) is 27.2 Å². The molecule has 1 aromatic carbocycles. The second kappa shape index (κ2) is 5.92. The second-order valence-electron chi connectivity index (χ2n) is 3.99. The smallest absolute Gasteiger partial charge is 0.334 e. The Morgan fingerprint density at radius 1 is 1.35 bits per heavy atom. The Balaban J connectivity index is 2.34. The molecular formula is C12H11BrF3N3O. The minimum atomic E-state index is -4.41. The van der Waals surface area contributed by atoms with Crippen molar-refractivity contribution < 1.29 is 17.7 Å². The molecule has 0 fully saturated rings. The molecule has 2 rings (SSSR count). The average Bonchev–Trinajstić information content (AvgIpc) is 2.84. The van der Waals surface area contributed by atoms with Crippen molar-refractivity contribution in [2.75, 3.05) is 6.54 Å². The van der Waals surface area contributed by atoms with Crippen LogP contribution in [0.5, 0.6) is 0 Å². The molecule has 1 aromatic heterocycles. The van der Waals surface area contributed by atoms with E-state index >= 15 is 0 Å². The van der Waals surface area contributed by atoms with Crippen molar-refractivity contribution in [2.45, 2.75) is 19.6 Å². The Bertz CT molecular complexity index is 598. The lowest BCUT2D eigenvalue weighted by Crippen LogP contribution is -2.12. The van der Waals surface area contributed by atoms with Crippen LogP contribution < -0.4 is 5.32 Å². The van der Waals surface area contributed by atoms with Crippen LogP contribution in [-0.2, 0) is 12.7 Å². The number of alkyl halides is 3. The molecule has 0 aliphatic rings. The summed E-state index contributed by atoms with van der Waals surface area (Å²) in [5, 5.41) is 6.72. The molecule has 1 heterocycles. The van der Waals surface area contributed by atoms with Crippen LogP contribution in [-0.4, -0.2) is 16.7 Å². The summed E-state index contributed by atoms with van der Waals surface area (Å²) >= 11 is 3.19. The Morgan fingerprint density at radius 3 is 2.75 bits per heavy atom. The molecule has 0 aliphatic carbocycles. The van der Waals surface area contributed by atoms with Gasteiger partial charge in [-0.05, 0) is 40.7 Å². The molecule has 0 bridgehead atoms. The zero-order chi connectivity index (χ0) is 14.8. The van der Waals surface area contributed by atoms with Gasteiger partial charge in [-0.3, -0.25) is 0 Å². The van der Waals surface area contributed by atoms with Gasteiger partial charge in [0.1, 0.15) is 0 Å². The predicted octanol–water partition coefficient (Wildman–Crippen LogP) is 3.63. The molecule has 0 saturated heterocycles. The van der Waals surface area contributed by atoms with Crippen LogP contribution in [0.25, 0.3) is 11.5 Å². The number of halogens is 4. The first-order valence-corrected chi connectivity index (χ1v) is 6.61. The lowest BCUT2D eigenvalue weighted by atomic mass is 10.1. The van der Waals surface area contributed by atoms with E-state index in [2.05, 4.69) is 31.4 Å². The van der Waals surface area contributed by atoms with E-state index in [1.165, 1.54) is 6.07 Å². The molecule has 108 valence electrons. The van der Waals surface area contributed by atoms with Crippen molar-refractivity contribution in [2.24, 2.45) is 0 Å². The van der Waals surface area contributed by atoms with E-state index in [1.807, 2.05) is 6.92 Å². The van der Waals surface area contributed by atoms with Gasteiger partial charge in [-0.25, -0.2) is 0 Å². The number of rotatable bonds is 4. The Hall–Kier alpha value is -1.41. The number of benzene rings is 1. The summed E-state index contributed by atoms with van der Waals surface area (Å²) in [6.45, 7) is 3.05. The molecule has 0 amide bonds. The standard InChI is InChI=1S/C12H11BrF3N3O/c1-2-17-6-10-18-11(20-19-10)8-5-7(12(14,15)16)3-4-9(8)13/h3-5,17H,2,6H2,1H3. The zero-order valence-corrected chi connectivity index (χ0v) is 12.0. The number of hydrogen-bond acceptors (Lipinski definition) is 4. The van der Waals surface area contributed by atoms with Crippen molar-refractivity contribution >= 4 is 15.9 Å². The molecule has 0 atom stereocenters. The van der Waals surface area contributed by atoms with Gasteiger partial charge < -0.3 is 9.84 Å². The van der Waals surface area contributed by atoms with E-state index in [4.69, 9.17) is 4.52 Å². The first kappa shape index (κ1) is 15.0. The first-order valence-electron chi connectivity index (χ1n) is 5.82. The van der Waals surface area contributed by atoms with Gasteiger partial charge in [0.15, 0.2) is 5.82 Å². The summed E-state index contributed by atoms with van der Waals surface area (Å²) < 4.78 is 43.5. The van der Waals surface area contributed by atoms with E-state index in [-0.39, 0.29) is 11.5 Å².